The zero-order valence-corrected chi connectivity index (χ0v) is 39.5. The molecule has 0 radical (unpaired) electrons. The van der Waals surface area contributed by atoms with Crippen LogP contribution in [0.1, 0.15) is 128 Å². The lowest BCUT2D eigenvalue weighted by molar-refractivity contribution is -0.395. The van der Waals surface area contributed by atoms with E-state index in [0.29, 0.717) is 102 Å². The number of aliphatic carboxylic acids is 2. The number of nitrogens with one attached hydrogen (secondary N) is 4. The summed E-state index contributed by atoms with van der Waals surface area (Å²) in [7, 11) is 0. The maximum absolute atomic E-state index is 12.2. The molecule has 22 nitrogen and oxygen atoms in total. The third kappa shape index (κ3) is 32.1. The number of carbonyl (C=O) groups is 6. The Hall–Kier alpha value is -5.32. The number of carbonyl (C=O) groups excluding carboxylic acids is 4. The van der Waals surface area contributed by atoms with Crippen LogP contribution in [-0.2, 0) is 55.8 Å². The lowest BCUT2D eigenvalue weighted by atomic mass is 9.92. The number of nitro benzene ring substituents is 2. The third-order valence-electron chi connectivity index (χ3n) is 9.99. The van der Waals surface area contributed by atoms with Crippen molar-refractivity contribution in [3.05, 3.63) is 43.5 Å². The van der Waals surface area contributed by atoms with Crippen molar-refractivity contribution in [1.82, 2.24) is 21.3 Å². The van der Waals surface area contributed by atoms with Crippen molar-refractivity contribution in [2.45, 2.75) is 136 Å². The second kappa shape index (κ2) is 35.8. The first-order valence-electron chi connectivity index (χ1n) is 23.2. The standard InChI is InChI=1S/C45H74N6O16/c1-45(2,3)33-41(54)47-22-26-67-30-28-65-24-12-14-35-31-34(38(50(60)61)32-39(35)51(62)63)13-11-23-64-27-29-66-25-21-46-40(53)16-9-7-5-4-6-8-15-36(52)18-19-37(43(57)58)49-44(59)48-20-10-17-42(55)56/h31-32,37H,4-30,33H2,1-3H3,(H,46,53)(H,47,54)(H,55,56)(H,57,58)(H2,48,49,59)/t37-/m0/s1. The number of ketones is 1. The molecule has 67 heavy (non-hydrogen) atoms. The Kier molecular flexibility index (Phi) is 31.9. The summed E-state index contributed by atoms with van der Waals surface area (Å²) in [4.78, 5) is 92.4. The summed E-state index contributed by atoms with van der Waals surface area (Å²) in [6, 6.07) is 0.570. The summed E-state index contributed by atoms with van der Waals surface area (Å²) >= 11 is 0. The molecule has 1 atom stereocenters. The van der Waals surface area contributed by atoms with Crippen molar-refractivity contribution in [2.75, 3.05) is 72.5 Å². The smallest absolute Gasteiger partial charge is 0.326 e. The number of Topliss-reactive ketones (excluding diaryl/α,β-unsaturated/α-hetero) is 1. The molecule has 0 fully saturated rings. The molecule has 0 unspecified atom stereocenters. The topological polar surface area (TPSA) is 314 Å². The molecule has 1 aromatic rings. The number of aryl methyl sites for hydroxylation is 2. The summed E-state index contributed by atoms with van der Waals surface area (Å²) in [5.41, 5.74) is 0.0440. The van der Waals surface area contributed by atoms with Crippen molar-refractivity contribution in [3.8, 4) is 0 Å². The molecule has 0 heterocycles. The van der Waals surface area contributed by atoms with Gasteiger partial charge in [-0.1, -0.05) is 46.5 Å². The molecule has 0 spiro atoms. The van der Waals surface area contributed by atoms with Crippen LogP contribution in [-0.4, -0.2) is 134 Å². The zero-order valence-electron chi connectivity index (χ0n) is 39.5. The fourth-order valence-corrected chi connectivity index (χ4v) is 6.60. The van der Waals surface area contributed by atoms with E-state index in [4.69, 9.17) is 24.1 Å². The normalized spacial score (nSPS) is 11.7. The van der Waals surface area contributed by atoms with Gasteiger partial charge in [0.25, 0.3) is 11.4 Å². The summed E-state index contributed by atoms with van der Waals surface area (Å²) in [5.74, 6) is -2.47. The second-order valence-corrected chi connectivity index (χ2v) is 17.2. The number of urea groups is 1. The number of carboxylic acids is 2. The van der Waals surface area contributed by atoms with E-state index in [9.17, 15) is 54.1 Å². The Morgan fingerprint density at radius 2 is 1.07 bits per heavy atom. The predicted octanol–water partition coefficient (Wildman–Crippen LogP) is 5.19. The minimum absolute atomic E-state index is 0.0117. The molecule has 1 rings (SSSR count). The van der Waals surface area contributed by atoms with Gasteiger partial charge in [-0.25, -0.2) is 9.59 Å². The van der Waals surface area contributed by atoms with Crippen molar-refractivity contribution in [1.29, 1.82) is 0 Å². The van der Waals surface area contributed by atoms with Gasteiger partial charge < -0.3 is 50.4 Å². The summed E-state index contributed by atoms with van der Waals surface area (Å²) in [6.45, 7) is 9.21. The van der Waals surface area contributed by atoms with Crippen LogP contribution in [0.4, 0.5) is 16.2 Å². The Morgan fingerprint density at radius 3 is 1.57 bits per heavy atom. The van der Waals surface area contributed by atoms with Crippen LogP contribution in [0.3, 0.4) is 0 Å². The van der Waals surface area contributed by atoms with Gasteiger partial charge in [0.05, 0.1) is 55.6 Å². The number of nitro groups is 2. The number of hydrogen-bond acceptors (Lipinski definition) is 14. The maximum atomic E-state index is 12.2. The molecule has 0 bridgehead atoms. The van der Waals surface area contributed by atoms with Gasteiger partial charge in [0.15, 0.2) is 0 Å². The van der Waals surface area contributed by atoms with Gasteiger partial charge >= 0.3 is 18.0 Å². The van der Waals surface area contributed by atoms with Crippen molar-refractivity contribution >= 4 is 46.9 Å². The van der Waals surface area contributed by atoms with Crippen LogP contribution in [0.25, 0.3) is 0 Å². The number of ether oxygens (including phenoxy) is 4. The van der Waals surface area contributed by atoms with E-state index in [1.54, 1.807) is 0 Å². The number of carboxylic acid groups (broad SMARTS) is 2. The molecule has 6 N–H and O–H groups in total. The molecule has 0 aliphatic carbocycles. The van der Waals surface area contributed by atoms with Gasteiger partial charge in [0.2, 0.25) is 11.8 Å². The Morgan fingerprint density at radius 1 is 0.582 bits per heavy atom. The zero-order chi connectivity index (χ0) is 49.9. The molecular weight excluding hydrogens is 881 g/mol. The van der Waals surface area contributed by atoms with E-state index >= 15 is 0 Å². The predicted molar refractivity (Wildman–Crippen MR) is 246 cm³/mol. The number of unbranched alkanes of at least 4 members (excludes halogenated alkanes) is 5. The van der Waals surface area contributed by atoms with E-state index < -0.39 is 33.9 Å². The number of amides is 4. The first-order valence-corrected chi connectivity index (χ1v) is 23.2. The van der Waals surface area contributed by atoms with Gasteiger partial charge in [-0.3, -0.25) is 39.4 Å². The molecular formula is C45H74N6O16. The van der Waals surface area contributed by atoms with Crippen molar-refractivity contribution < 1.29 is 67.8 Å². The van der Waals surface area contributed by atoms with Gasteiger partial charge in [0, 0.05) is 76.1 Å². The number of nitrogens with zero attached hydrogens (tertiary/aromatic N) is 2. The lowest BCUT2D eigenvalue weighted by Crippen LogP contribution is -2.46. The van der Waals surface area contributed by atoms with Gasteiger partial charge in [-0.15, -0.1) is 0 Å². The highest BCUT2D eigenvalue weighted by Crippen LogP contribution is 2.31. The number of rotatable bonds is 41. The van der Waals surface area contributed by atoms with Crippen LogP contribution in [0.15, 0.2) is 12.1 Å². The second-order valence-electron chi connectivity index (χ2n) is 17.2. The number of benzene rings is 1. The average molecular weight is 955 g/mol. The van der Waals surface area contributed by atoms with Gasteiger partial charge in [0.1, 0.15) is 11.8 Å². The highest BCUT2D eigenvalue weighted by atomic mass is 16.6. The fourth-order valence-electron chi connectivity index (χ4n) is 6.60. The van der Waals surface area contributed by atoms with Gasteiger partial charge in [-0.05, 0) is 62.8 Å². The maximum Gasteiger partial charge on any atom is 0.326 e. The van der Waals surface area contributed by atoms with E-state index in [1.807, 2.05) is 20.8 Å². The van der Waals surface area contributed by atoms with Gasteiger partial charge in [-0.2, -0.15) is 0 Å². The van der Waals surface area contributed by atoms with Crippen LogP contribution >= 0.6 is 0 Å². The van der Waals surface area contributed by atoms with E-state index in [-0.39, 0.29) is 92.9 Å². The molecule has 0 aromatic heterocycles. The quantitative estimate of drug-likeness (QED) is 0.0279. The van der Waals surface area contributed by atoms with Crippen molar-refractivity contribution in [3.63, 3.8) is 0 Å². The monoisotopic (exact) mass is 955 g/mol. The molecule has 4 amide bonds. The lowest BCUT2D eigenvalue weighted by Gasteiger charge is -2.17. The molecule has 22 heteroatoms. The third-order valence-corrected chi connectivity index (χ3v) is 9.99. The van der Waals surface area contributed by atoms with Crippen LogP contribution in [0.5, 0.6) is 0 Å². The Bertz CT molecular complexity index is 1690. The SMILES string of the molecule is CC(C)(C)CC(=O)NCCOCCOCCCc1cc(CCCOCCOCCNC(=O)CCCCCCCCC(=O)CC[C@H](NC(=O)NCCCC(=O)O)C(=O)O)c([N+](=O)[O-])cc1[N+](=O)[O-]. The summed E-state index contributed by atoms with van der Waals surface area (Å²) in [5, 5.41) is 51.8. The minimum Gasteiger partial charge on any atom is -0.481 e. The van der Waals surface area contributed by atoms with Crippen molar-refractivity contribution in [2.24, 2.45) is 5.41 Å². The molecule has 0 aliphatic heterocycles. The molecule has 380 valence electrons. The highest BCUT2D eigenvalue weighted by Gasteiger charge is 2.24. The summed E-state index contributed by atoms with van der Waals surface area (Å²) < 4.78 is 22.2. The first-order chi connectivity index (χ1) is 31.9. The molecule has 1 aromatic carbocycles. The minimum atomic E-state index is -1.26. The number of hydrogen-bond donors (Lipinski definition) is 6. The molecule has 0 saturated carbocycles. The summed E-state index contributed by atoms with van der Waals surface area (Å²) in [6.07, 6.45) is 7.48. The fraction of sp³-hybridized carbons (Fsp3) is 0.733. The Balaban J connectivity index is 2.16. The van der Waals surface area contributed by atoms with Crippen LogP contribution in [0, 0.1) is 25.6 Å². The Labute approximate surface area is 392 Å². The van der Waals surface area contributed by atoms with E-state index in [2.05, 4.69) is 21.3 Å². The molecule has 0 saturated heterocycles. The average Bonchev–Trinajstić information content (AvgIpc) is 3.24. The van der Waals surface area contributed by atoms with Crippen LogP contribution < -0.4 is 21.3 Å². The van der Waals surface area contributed by atoms with E-state index in [0.717, 1.165) is 38.2 Å². The first kappa shape index (κ1) is 59.7. The largest absolute Gasteiger partial charge is 0.481 e. The highest BCUT2D eigenvalue weighted by molar-refractivity contribution is 5.84. The van der Waals surface area contributed by atoms with E-state index in [1.165, 1.54) is 6.07 Å². The van der Waals surface area contributed by atoms with Crippen LogP contribution in [0.2, 0.25) is 0 Å². The molecule has 0 aliphatic rings.